The molecule has 0 fully saturated rings. The van der Waals surface area contributed by atoms with Crippen LogP contribution in [-0.2, 0) is 6.54 Å². The van der Waals surface area contributed by atoms with Crippen LogP contribution in [0.3, 0.4) is 0 Å². The maximum Gasteiger partial charge on any atom is 0.268 e. The summed E-state index contributed by atoms with van der Waals surface area (Å²) in [5.74, 6) is -0.366. The molecule has 1 aromatic carbocycles. The summed E-state index contributed by atoms with van der Waals surface area (Å²) in [6.45, 7) is 3.19. The molecule has 30 heavy (non-hydrogen) atoms. The first-order valence-electron chi connectivity index (χ1n) is 9.75. The third kappa shape index (κ3) is 3.22. The largest absolute Gasteiger partial charge is 0.349 e. The molecule has 0 bridgehead atoms. The first-order valence-corrected chi connectivity index (χ1v) is 9.75. The maximum absolute atomic E-state index is 12.7. The van der Waals surface area contributed by atoms with Crippen molar-refractivity contribution in [3.05, 3.63) is 77.9 Å². The molecule has 0 saturated carbocycles. The highest BCUT2D eigenvalue weighted by Gasteiger charge is 2.25. The Morgan fingerprint density at radius 1 is 1.23 bits per heavy atom. The molecule has 0 saturated heterocycles. The van der Waals surface area contributed by atoms with E-state index < -0.39 is 0 Å². The predicted molar refractivity (Wildman–Crippen MR) is 113 cm³/mol. The second-order valence-corrected chi connectivity index (χ2v) is 7.45. The average molecular weight is 400 g/mol. The van der Waals surface area contributed by atoms with Crippen LogP contribution in [-0.4, -0.2) is 37.7 Å². The molecule has 3 aromatic heterocycles. The van der Waals surface area contributed by atoms with E-state index in [4.69, 9.17) is 0 Å². The third-order valence-corrected chi connectivity index (χ3v) is 5.26. The Balaban J connectivity index is 1.37. The van der Waals surface area contributed by atoms with Crippen LogP contribution in [0.1, 0.15) is 39.4 Å². The van der Waals surface area contributed by atoms with E-state index >= 15 is 0 Å². The quantitative estimate of drug-likeness (QED) is 0.551. The van der Waals surface area contributed by atoms with Gasteiger partial charge in [0.1, 0.15) is 5.69 Å². The van der Waals surface area contributed by atoms with Crippen LogP contribution in [0, 0.1) is 0 Å². The molecule has 4 heterocycles. The third-order valence-electron chi connectivity index (χ3n) is 5.26. The van der Waals surface area contributed by atoms with E-state index in [2.05, 4.69) is 20.7 Å². The van der Waals surface area contributed by atoms with Gasteiger partial charge >= 0.3 is 0 Å². The number of fused-ring (bicyclic) bond motifs is 3. The summed E-state index contributed by atoms with van der Waals surface area (Å²) in [4.78, 5) is 29.3. The minimum absolute atomic E-state index is 0.109. The number of amides is 2. The molecule has 150 valence electrons. The van der Waals surface area contributed by atoms with Gasteiger partial charge in [0.15, 0.2) is 0 Å². The van der Waals surface area contributed by atoms with Gasteiger partial charge in [-0.2, -0.15) is 5.10 Å². The lowest BCUT2D eigenvalue weighted by Gasteiger charge is -2.23. The zero-order valence-electron chi connectivity index (χ0n) is 16.4. The highest BCUT2D eigenvalue weighted by molar-refractivity contribution is 6.05. The topological polar surface area (TPSA) is 93.8 Å². The normalized spacial score (nSPS) is 15.6. The summed E-state index contributed by atoms with van der Waals surface area (Å²) in [5, 5.41) is 10.0. The van der Waals surface area contributed by atoms with Crippen molar-refractivity contribution >= 4 is 28.5 Å². The molecule has 0 radical (unpaired) electrons. The van der Waals surface area contributed by atoms with Crippen molar-refractivity contribution in [3.63, 3.8) is 0 Å². The summed E-state index contributed by atoms with van der Waals surface area (Å²) < 4.78 is 3.70. The summed E-state index contributed by atoms with van der Waals surface area (Å²) in [5.41, 5.74) is 4.28. The van der Waals surface area contributed by atoms with Crippen molar-refractivity contribution in [2.45, 2.75) is 19.5 Å². The Hall–Kier alpha value is -3.94. The Kier molecular flexibility index (Phi) is 4.31. The van der Waals surface area contributed by atoms with Crippen LogP contribution in [0.5, 0.6) is 0 Å². The molecule has 0 aliphatic carbocycles. The lowest BCUT2D eigenvalue weighted by molar-refractivity contribution is 0.0918. The Morgan fingerprint density at radius 3 is 2.90 bits per heavy atom. The van der Waals surface area contributed by atoms with Crippen molar-refractivity contribution in [2.75, 3.05) is 11.9 Å². The number of hydrogen-bond donors (Lipinski definition) is 2. The SMILES string of the molecule is C[C@H]1CNC(=O)c2cc3ncc(NC(=O)c4cnn(Cc5ccccc5)c4)cc3n21. The molecule has 8 heteroatoms. The lowest BCUT2D eigenvalue weighted by atomic mass is 10.2. The molecule has 2 N–H and O–H groups in total. The van der Waals surface area contributed by atoms with Crippen molar-refractivity contribution in [1.29, 1.82) is 0 Å². The molecular weight excluding hydrogens is 380 g/mol. The molecule has 5 rings (SSSR count). The first-order chi connectivity index (χ1) is 14.6. The Morgan fingerprint density at radius 2 is 2.07 bits per heavy atom. The van der Waals surface area contributed by atoms with E-state index in [-0.39, 0.29) is 17.9 Å². The number of rotatable bonds is 4. The summed E-state index contributed by atoms with van der Waals surface area (Å²) in [6.07, 6.45) is 4.87. The molecule has 1 atom stereocenters. The molecule has 0 unspecified atom stereocenters. The molecular formula is C22H20N6O2. The van der Waals surface area contributed by atoms with Gasteiger partial charge in [-0.25, -0.2) is 0 Å². The van der Waals surface area contributed by atoms with E-state index in [9.17, 15) is 9.59 Å². The van der Waals surface area contributed by atoms with Gasteiger partial charge < -0.3 is 15.2 Å². The second kappa shape index (κ2) is 7.14. The van der Waals surface area contributed by atoms with Gasteiger partial charge in [0.25, 0.3) is 11.8 Å². The van der Waals surface area contributed by atoms with Gasteiger partial charge in [-0.1, -0.05) is 30.3 Å². The van der Waals surface area contributed by atoms with Gasteiger partial charge in [-0.15, -0.1) is 0 Å². The van der Waals surface area contributed by atoms with Gasteiger partial charge in [0.05, 0.1) is 41.2 Å². The number of hydrogen-bond acceptors (Lipinski definition) is 4. The van der Waals surface area contributed by atoms with Gasteiger partial charge in [0.2, 0.25) is 0 Å². The molecule has 1 aliphatic rings. The molecule has 4 aromatic rings. The smallest absolute Gasteiger partial charge is 0.268 e. The zero-order chi connectivity index (χ0) is 20.7. The monoisotopic (exact) mass is 400 g/mol. The highest BCUT2D eigenvalue weighted by Crippen LogP contribution is 2.27. The Bertz CT molecular complexity index is 1260. The number of nitrogens with zero attached hydrogens (tertiary/aromatic N) is 4. The minimum Gasteiger partial charge on any atom is -0.349 e. The summed E-state index contributed by atoms with van der Waals surface area (Å²) in [7, 11) is 0. The van der Waals surface area contributed by atoms with Crippen LogP contribution in [0.4, 0.5) is 5.69 Å². The van der Waals surface area contributed by atoms with Crippen LogP contribution in [0.2, 0.25) is 0 Å². The number of anilines is 1. The van der Waals surface area contributed by atoms with E-state index in [1.165, 1.54) is 0 Å². The molecule has 1 aliphatic heterocycles. The minimum atomic E-state index is -0.258. The number of aromatic nitrogens is 4. The van der Waals surface area contributed by atoms with Crippen LogP contribution >= 0.6 is 0 Å². The number of carbonyl (C=O) groups excluding carboxylic acids is 2. The fourth-order valence-electron chi connectivity index (χ4n) is 3.78. The molecule has 8 nitrogen and oxygen atoms in total. The first kappa shape index (κ1) is 18.1. The van der Waals surface area contributed by atoms with Crippen molar-refractivity contribution in [2.24, 2.45) is 0 Å². The van der Waals surface area contributed by atoms with Gasteiger partial charge in [0, 0.05) is 18.8 Å². The fraction of sp³-hybridized carbons (Fsp3) is 0.182. The number of nitrogens with one attached hydrogen (secondary N) is 2. The Labute approximate surface area is 172 Å². The van der Waals surface area contributed by atoms with E-state index in [1.807, 2.05) is 47.9 Å². The number of benzene rings is 1. The van der Waals surface area contributed by atoms with Crippen LogP contribution in [0.15, 0.2) is 61.1 Å². The predicted octanol–water partition coefficient (Wildman–Crippen LogP) is 2.84. The zero-order valence-corrected chi connectivity index (χ0v) is 16.4. The van der Waals surface area contributed by atoms with Gasteiger partial charge in [-0.3, -0.25) is 19.3 Å². The van der Waals surface area contributed by atoms with Crippen molar-refractivity contribution in [3.8, 4) is 0 Å². The lowest BCUT2D eigenvalue weighted by Crippen LogP contribution is -2.37. The molecule has 2 amide bonds. The fourth-order valence-corrected chi connectivity index (χ4v) is 3.78. The van der Waals surface area contributed by atoms with Gasteiger partial charge in [-0.05, 0) is 24.6 Å². The summed E-state index contributed by atoms with van der Waals surface area (Å²) >= 11 is 0. The number of carbonyl (C=O) groups is 2. The standard InChI is InChI=1S/C22H20N6O2/c1-14-9-24-22(30)20-8-18-19(28(14)20)7-17(11-23-18)26-21(29)16-10-25-27(13-16)12-15-5-3-2-4-6-15/h2-8,10-11,13-14H,9,12H2,1H3,(H,24,30)(H,26,29)/t14-/m0/s1. The van der Waals surface area contributed by atoms with E-state index in [1.54, 1.807) is 29.3 Å². The van der Waals surface area contributed by atoms with E-state index in [0.717, 1.165) is 16.6 Å². The summed E-state index contributed by atoms with van der Waals surface area (Å²) in [6, 6.07) is 13.7. The second-order valence-electron chi connectivity index (χ2n) is 7.45. The molecule has 0 spiro atoms. The van der Waals surface area contributed by atoms with Crippen molar-refractivity contribution in [1.82, 2.24) is 24.6 Å². The highest BCUT2D eigenvalue weighted by atomic mass is 16.2. The maximum atomic E-state index is 12.7. The number of pyridine rings is 1. The average Bonchev–Trinajstić information content (AvgIpc) is 3.37. The van der Waals surface area contributed by atoms with Crippen molar-refractivity contribution < 1.29 is 9.59 Å². The van der Waals surface area contributed by atoms with Crippen LogP contribution in [0.25, 0.3) is 11.0 Å². The van der Waals surface area contributed by atoms with E-state index in [0.29, 0.717) is 30.0 Å². The van der Waals surface area contributed by atoms with Crippen LogP contribution < -0.4 is 10.6 Å².